The third-order valence-electron chi connectivity index (χ3n) is 20.6. The fourth-order valence-corrected chi connectivity index (χ4v) is 14.4. The van der Waals surface area contributed by atoms with Crippen molar-refractivity contribution in [2.45, 2.75) is 31.1 Å². The second-order valence-electron chi connectivity index (χ2n) is 29.7. The molecule has 0 fully saturated rings. The van der Waals surface area contributed by atoms with Gasteiger partial charge in [0.25, 0.3) is 22.2 Å². The predicted molar refractivity (Wildman–Crippen MR) is 488 cm³/mol. The van der Waals surface area contributed by atoms with E-state index < -0.39 is 138 Å². The molecule has 0 atom stereocenters. The summed E-state index contributed by atoms with van der Waals surface area (Å²) in [6.07, 6.45) is 0. The molecule has 28 nitrogen and oxygen atoms in total. The minimum atomic E-state index is -1.00. The summed E-state index contributed by atoms with van der Waals surface area (Å²) in [5, 5.41) is 89.3. The van der Waals surface area contributed by atoms with Crippen LogP contribution in [0.2, 0.25) is 10.0 Å². The van der Waals surface area contributed by atoms with E-state index in [1.54, 1.807) is 60.7 Å². The first kappa shape index (κ1) is 95.1. The first-order valence-corrected chi connectivity index (χ1v) is 41.3. The van der Waals surface area contributed by atoms with Gasteiger partial charge in [0.15, 0.2) is 22.6 Å². The number of nitrogens with zero attached hydrogens (tertiary/aromatic N) is 12. The van der Waals surface area contributed by atoms with Gasteiger partial charge in [-0.05, 0) is 133 Å². The van der Waals surface area contributed by atoms with E-state index in [1.165, 1.54) is 54.6 Å². The summed E-state index contributed by atoms with van der Waals surface area (Å²) >= 11 is 12.1. The SMILES string of the molecule is Cc1ccccc1-c1nc(NC(CO)CO)nc2c1ccc(=O)n2-c1ccc(F)cc1F.O=c1ccc2c(-c3ccc(-c4ccccc4)cc3F)nc(NC(CO)CO)nc2n1-c1ccc(F)cc1F.O=c1ccc2c(-c3ccc(Cl)cc3)nc(NC(CO)CO)nc2n1-c1ccc(F)cc1F.O=c1ccc2c(-c3cccc(Cl)c3)nc(NC(CO)CO)nc2n1-c1ccc(F)cc1F. The van der Waals surface area contributed by atoms with Crippen molar-refractivity contribution < 1.29 is 80.4 Å². The van der Waals surface area contributed by atoms with Crippen molar-refractivity contribution in [2.24, 2.45) is 0 Å². The molecule has 0 aliphatic carbocycles. The number of anilines is 4. The number of aromatic nitrogens is 12. The highest BCUT2D eigenvalue weighted by molar-refractivity contribution is 6.31. The maximum Gasteiger partial charge on any atom is 0.256 e. The molecule has 17 aromatic rings. The first-order chi connectivity index (χ1) is 64.6. The molecule has 8 heterocycles. The molecule has 134 heavy (non-hydrogen) atoms. The Kier molecular flexibility index (Phi) is 30.1. The molecule has 0 aliphatic rings. The molecule has 8 aromatic heterocycles. The lowest BCUT2D eigenvalue weighted by molar-refractivity contribution is 0.203. The van der Waals surface area contributed by atoms with Crippen molar-refractivity contribution in [1.29, 1.82) is 0 Å². The Morgan fingerprint density at radius 2 is 0.590 bits per heavy atom. The van der Waals surface area contributed by atoms with Crippen molar-refractivity contribution in [3.8, 4) is 78.9 Å². The van der Waals surface area contributed by atoms with Crippen LogP contribution in [-0.2, 0) is 0 Å². The van der Waals surface area contributed by atoms with Gasteiger partial charge < -0.3 is 62.1 Å². The molecule has 0 aliphatic heterocycles. The summed E-state index contributed by atoms with van der Waals surface area (Å²) in [7, 11) is 0. The van der Waals surface area contributed by atoms with E-state index in [1.807, 2.05) is 61.5 Å². The van der Waals surface area contributed by atoms with Crippen LogP contribution in [0.5, 0.6) is 0 Å². The molecule has 0 amide bonds. The van der Waals surface area contributed by atoms with Crippen molar-refractivity contribution in [1.82, 2.24) is 58.1 Å². The van der Waals surface area contributed by atoms with Crippen LogP contribution in [0.25, 0.3) is 123 Å². The lowest BCUT2D eigenvalue weighted by Crippen LogP contribution is -2.29. The standard InChI is InChI=1S/C28H21F3N4O3.C23H20F2N4O3.2C22H17ClF2N4O3/c29-18-7-10-24(23(31)13-18)35-25(38)11-9-21-26(33-28(34-27(21)35)32-19(14-36)15-37)20-8-6-17(12-22(20)30)16-4-2-1-3-5-16;1-13-4-2-3-5-16(13)21-17-7-9-20(32)29(19-8-6-14(24)10-18(19)25)22(17)28-23(27-21)26-15(11-30)12-31;23-13-3-1-12(2-4-13)20-16-6-8-19(32)29(18-7-5-14(24)9-17(18)25)21(16)28-22(27-20)26-15(10-30)11-31;23-13-3-1-2-12(8-13)20-16-5-7-19(32)29(18-6-4-14(24)9-17(18)25)21(16)28-22(27-20)26-15(10-30)11-31/h1-13,19,36-37H,14-15H2,(H,32,33,34);2-10,15,30-31H,11-12H2,1H3,(H,26,27,28);2*1-9,15,30-31H,10-11H2,(H,26,27,28). The molecule has 0 saturated heterocycles. The van der Waals surface area contributed by atoms with Gasteiger partial charge in [0, 0.05) is 102 Å². The highest BCUT2D eigenvalue weighted by Crippen LogP contribution is 2.37. The Hall–Kier alpha value is -15.0. The van der Waals surface area contributed by atoms with Crippen LogP contribution in [0.3, 0.4) is 0 Å². The van der Waals surface area contributed by atoms with Gasteiger partial charge in [0.2, 0.25) is 23.8 Å². The van der Waals surface area contributed by atoms with Crippen molar-refractivity contribution >= 4 is 91.1 Å². The van der Waals surface area contributed by atoms with Crippen LogP contribution < -0.4 is 43.5 Å². The average molecular weight is 1870 g/mol. The van der Waals surface area contributed by atoms with Crippen molar-refractivity contribution in [2.75, 3.05) is 74.1 Å². The number of hydrogen-bond acceptors (Lipinski definition) is 24. The van der Waals surface area contributed by atoms with Gasteiger partial charge in [-0.15, -0.1) is 0 Å². The third-order valence-corrected chi connectivity index (χ3v) is 21.1. The summed E-state index contributed by atoms with van der Waals surface area (Å²) in [4.78, 5) is 86.5. The number of aliphatic hydroxyl groups is 8. The summed E-state index contributed by atoms with van der Waals surface area (Å²) in [6, 6.07) is 54.0. The molecular weight excluding hydrogens is 1800 g/mol. The number of halogens is 11. The minimum Gasteiger partial charge on any atom is -0.394 e. The van der Waals surface area contributed by atoms with E-state index in [2.05, 4.69) is 61.1 Å². The van der Waals surface area contributed by atoms with Gasteiger partial charge in [0.05, 0.1) is 123 Å². The lowest BCUT2D eigenvalue weighted by Gasteiger charge is -2.18. The molecule has 684 valence electrons. The van der Waals surface area contributed by atoms with E-state index in [-0.39, 0.29) is 99.0 Å². The Morgan fingerprint density at radius 3 is 0.925 bits per heavy atom. The van der Waals surface area contributed by atoms with Gasteiger partial charge in [-0.3, -0.25) is 37.4 Å². The van der Waals surface area contributed by atoms with Crippen LogP contribution in [0.4, 0.5) is 63.3 Å². The van der Waals surface area contributed by atoms with E-state index in [9.17, 15) is 95.2 Å². The zero-order valence-electron chi connectivity index (χ0n) is 69.8. The summed E-state index contributed by atoms with van der Waals surface area (Å²) in [5.41, 5.74) is 2.66. The van der Waals surface area contributed by atoms with Crippen LogP contribution in [0.15, 0.2) is 262 Å². The largest absolute Gasteiger partial charge is 0.394 e. The van der Waals surface area contributed by atoms with Crippen molar-refractivity contribution in [3.63, 3.8) is 0 Å². The van der Waals surface area contributed by atoms with E-state index >= 15 is 4.39 Å². The quantitative estimate of drug-likeness (QED) is 0.0236. The number of aryl methyl sites for hydroxylation is 1. The smallest absolute Gasteiger partial charge is 0.256 e. The number of aliphatic hydroxyl groups excluding tert-OH is 8. The molecule has 0 radical (unpaired) electrons. The van der Waals surface area contributed by atoms with Gasteiger partial charge >= 0.3 is 0 Å². The molecule has 0 saturated carbocycles. The molecular formula is C95H75Cl2F9N16O12. The first-order valence-electron chi connectivity index (χ1n) is 40.6. The van der Waals surface area contributed by atoms with Crippen LogP contribution in [0, 0.1) is 59.3 Å². The maximum absolute atomic E-state index is 15.6. The molecule has 9 aromatic carbocycles. The van der Waals surface area contributed by atoms with Gasteiger partial charge in [-0.1, -0.05) is 108 Å². The molecule has 17 rings (SSSR count). The fourth-order valence-electron chi connectivity index (χ4n) is 14.1. The van der Waals surface area contributed by atoms with Gasteiger partial charge in [0.1, 0.15) is 52.4 Å². The molecule has 0 unspecified atom stereocenters. The Balaban J connectivity index is 0.000000144. The topological polar surface area (TPSA) is 401 Å². The Morgan fingerprint density at radius 1 is 0.276 bits per heavy atom. The monoisotopic (exact) mass is 1870 g/mol. The zero-order chi connectivity index (χ0) is 95.3. The summed E-state index contributed by atoms with van der Waals surface area (Å²) < 4.78 is 132. The van der Waals surface area contributed by atoms with Crippen LogP contribution in [-0.4, -0.2) is 176 Å². The zero-order valence-corrected chi connectivity index (χ0v) is 71.3. The third kappa shape index (κ3) is 21.1. The highest BCUT2D eigenvalue weighted by Gasteiger charge is 2.27. The lowest BCUT2D eigenvalue weighted by atomic mass is 10.0. The van der Waals surface area contributed by atoms with E-state index in [0.29, 0.717) is 84.2 Å². The number of hydrogen-bond donors (Lipinski definition) is 12. The molecule has 0 bridgehead atoms. The second-order valence-corrected chi connectivity index (χ2v) is 30.5. The van der Waals surface area contributed by atoms with Crippen LogP contribution >= 0.6 is 23.2 Å². The van der Waals surface area contributed by atoms with Crippen LogP contribution in [0.1, 0.15) is 5.56 Å². The summed E-state index contributed by atoms with van der Waals surface area (Å²) in [6.45, 7) is -1.42. The minimum absolute atomic E-state index is 0.00239. The highest BCUT2D eigenvalue weighted by atomic mass is 35.5. The van der Waals surface area contributed by atoms with E-state index in [0.717, 1.165) is 83.5 Å². The number of nitrogens with one attached hydrogen (secondary N) is 4. The maximum atomic E-state index is 15.6. The molecule has 12 N–H and O–H groups in total. The van der Waals surface area contributed by atoms with Gasteiger partial charge in [-0.2, -0.15) is 19.9 Å². The number of rotatable bonds is 25. The Labute approximate surface area is 761 Å². The predicted octanol–water partition coefficient (Wildman–Crippen LogP) is 13.4. The number of benzene rings is 9. The fraction of sp³-hybridized carbons (Fsp3) is 0.137. The molecule has 0 spiro atoms. The molecule has 39 heteroatoms. The van der Waals surface area contributed by atoms with Gasteiger partial charge in [-0.25, -0.2) is 59.4 Å². The second kappa shape index (κ2) is 42.5. The Bertz CT molecular complexity index is 7490. The number of fused-ring (bicyclic) bond motifs is 4. The average Bonchev–Trinajstić information content (AvgIpc) is 0.796. The number of pyridine rings is 4. The normalized spacial score (nSPS) is 11.3. The summed E-state index contributed by atoms with van der Waals surface area (Å²) in [5.74, 6) is -7.71. The van der Waals surface area contributed by atoms with Crippen molar-refractivity contribution in [3.05, 3.63) is 352 Å². The van der Waals surface area contributed by atoms with E-state index in [4.69, 9.17) is 23.2 Å².